The lowest BCUT2D eigenvalue weighted by atomic mass is 9.94. The minimum absolute atomic E-state index is 0.0712. The standard InChI is InChI=1S/C11H21NO3/c1-2-15-11(14)9-10-3-5-12(6-4-10)7-8-13/h10,13H,2-9H2,1H3. The Morgan fingerprint density at radius 2 is 2.13 bits per heavy atom. The van der Waals surface area contributed by atoms with Gasteiger partial charge < -0.3 is 14.7 Å². The Bertz CT molecular complexity index is 188. The lowest BCUT2D eigenvalue weighted by Gasteiger charge is -2.30. The average molecular weight is 215 g/mol. The molecule has 88 valence electrons. The maximum atomic E-state index is 11.2. The van der Waals surface area contributed by atoms with Crippen LogP contribution in [0.3, 0.4) is 0 Å². The topological polar surface area (TPSA) is 49.8 Å². The van der Waals surface area contributed by atoms with E-state index in [1.807, 2.05) is 6.92 Å². The highest BCUT2D eigenvalue weighted by Gasteiger charge is 2.21. The summed E-state index contributed by atoms with van der Waals surface area (Å²) in [5.41, 5.74) is 0. The predicted octanol–water partition coefficient (Wildman–Crippen LogP) is 0.644. The first-order valence-corrected chi connectivity index (χ1v) is 5.75. The number of esters is 1. The van der Waals surface area contributed by atoms with E-state index >= 15 is 0 Å². The molecule has 0 saturated carbocycles. The minimum Gasteiger partial charge on any atom is -0.466 e. The van der Waals surface area contributed by atoms with Gasteiger partial charge in [0.05, 0.1) is 13.2 Å². The highest BCUT2D eigenvalue weighted by atomic mass is 16.5. The van der Waals surface area contributed by atoms with Crippen LogP contribution in [-0.2, 0) is 9.53 Å². The number of aliphatic hydroxyl groups is 1. The van der Waals surface area contributed by atoms with E-state index in [1.54, 1.807) is 0 Å². The van der Waals surface area contributed by atoms with Crippen molar-refractivity contribution in [2.24, 2.45) is 5.92 Å². The normalized spacial score (nSPS) is 19.1. The molecule has 0 spiro atoms. The van der Waals surface area contributed by atoms with E-state index in [-0.39, 0.29) is 12.6 Å². The Morgan fingerprint density at radius 3 is 2.67 bits per heavy atom. The molecular formula is C11H21NO3. The Labute approximate surface area is 91.2 Å². The van der Waals surface area contributed by atoms with Crippen LogP contribution in [0.15, 0.2) is 0 Å². The molecule has 1 aliphatic heterocycles. The Morgan fingerprint density at radius 1 is 1.47 bits per heavy atom. The van der Waals surface area contributed by atoms with Gasteiger partial charge in [-0.05, 0) is 38.8 Å². The quantitative estimate of drug-likeness (QED) is 0.684. The van der Waals surface area contributed by atoms with Crippen LogP contribution in [0.25, 0.3) is 0 Å². The number of aliphatic hydroxyl groups excluding tert-OH is 1. The molecule has 15 heavy (non-hydrogen) atoms. The third-order valence-corrected chi connectivity index (χ3v) is 2.88. The zero-order valence-electron chi connectivity index (χ0n) is 9.45. The lowest BCUT2D eigenvalue weighted by Crippen LogP contribution is -2.36. The maximum Gasteiger partial charge on any atom is 0.306 e. The van der Waals surface area contributed by atoms with E-state index in [0.29, 0.717) is 18.9 Å². The molecule has 1 aliphatic rings. The van der Waals surface area contributed by atoms with Crippen molar-refractivity contribution in [2.45, 2.75) is 26.2 Å². The third-order valence-electron chi connectivity index (χ3n) is 2.88. The molecule has 1 fully saturated rings. The van der Waals surface area contributed by atoms with Gasteiger partial charge in [-0.2, -0.15) is 0 Å². The summed E-state index contributed by atoms with van der Waals surface area (Å²) >= 11 is 0. The van der Waals surface area contributed by atoms with Gasteiger partial charge in [0.25, 0.3) is 0 Å². The van der Waals surface area contributed by atoms with Crippen LogP contribution in [0.5, 0.6) is 0 Å². The molecule has 1 rings (SSSR count). The van der Waals surface area contributed by atoms with Gasteiger partial charge in [0.1, 0.15) is 0 Å². The van der Waals surface area contributed by atoms with E-state index in [4.69, 9.17) is 9.84 Å². The van der Waals surface area contributed by atoms with Crippen LogP contribution < -0.4 is 0 Å². The highest BCUT2D eigenvalue weighted by Crippen LogP contribution is 2.20. The summed E-state index contributed by atoms with van der Waals surface area (Å²) in [6.07, 6.45) is 2.64. The van der Waals surface area contributed by atoms with Gasteiger partial charge in [-0.15, -0.1) is 0 Å². The van der Waals surface area contributed by atoms with Crippen molar-refractivity contribution in [2.75, 3.05) is 32.8 Å². The van der Waals surface area contributed by atoms with Gasteiger partial charge in [-0.25, -0.2) is 0 Å². The number of piperidine rings is 1. The van der Waals surface area contributed by atoms with Crippen molar-refractivity contribution in [1.82, 2.24) is 4.90 Å². The summed E-state index contributed by atoms with van der Waals surface area (Å²) in [5.74, 6) is 0.400. The first-order valence-electron chi connectivity index (χ1n) is 5.75. The van der Waals surface area contributed by atoms with Crippen molar-refractivity contribution in [1.29, 1.82) is 0 Å². The van der Waals surface area contributed by atoms with Crippen LogP contribution in [0, 0.1) is 5.92 Å². The molecule has 1 saturated heterocycles. The molecule has 0 aromatic carbocycles. The van der Waals surface area contributed by atoms with Gasteiger partial charge in [0.15, 0.2) is 0 Å². The molecule has 4 heteroatoms. The predicted molar refractivity (Wildman–Crippen MR) is 57.5 cm³/mol. The number of rotatable bonds is 5. The van der Waals surface area contributed by atoms with E-state index < -0.39 is 0 Å². The number of ether oxygens (including phenoxy) is 1. The fourth-order valence-electron chi connectivity index (χ4n) is 2.01. The van der Waals surface area contributed by atoms with Crippen LogP contribution in [0.2, 0.25) is 0 Å². The number of carbonyl (C=O) groups excluding carboxylic acids is 1. The van der Waals surface area contributed by atoms with Crippen molar-refractivity contribution in [3.05, 3.63) is 0 Å². The Kier molecular flexibility index (Phi) is 5.65. The molecule has 1 N–H and O–H groups in total. The largest absolute Gasteiger partial charge is 0.466 e. The molecule has 0 unspecified atom stereocenters. The van der Waals surface area contributed by atoms with Crippen LogP contribution in [-0.4, -0.2) is 48.8 Å². The van der Waals surface area contributed by atoms with Gasteiger partial charge in [0, 0.05) is 13.0 Å². The lowest BCUT2D eigenvalue weighted by molar-refractivity contribution is -0.144. The van der Waals surface area contributed by atoms with E-state index in [1.165, 1.54) is 0 Å². The zero-order chi connectivity index (χ0) is 11.1. The number of carbonyl (C=O) groups is 1. The van der Waals surface area contributed by atoms with Crippen LogP contribution in [0.4, 0.5) is 0 Å². The maximum absolute atomic E-state index is 11.2. The minimum atomic E-state index is -0.0712. The first-order chi connectivity index (χ1) is 7.26. The van der Waals surface area contributed by atoms with Gasteiger partial charge in [0.2, 0.25) is 0 Å². The summed E-state index contributed by atoms with van der Waals surface area (Å²) in [4.78, 5) is 13.5. The van der Waals surface area contributed by atoms with Gasteiger partial charge >= 0.3 is 5.97 Å². The van der Waals surface area contributed by atoms with E-state index in [9.17, 15) is 4.79 Å². The van der Waals surface area contributed by atoms with E-state index in [2.05, 4.69) is 4.90 Å². The second-order valence-electron chi connectivity index (χ2n) is 4.02. The monoisotopic (exact) mass is 215 g/mol. The molecule has 4 nitrogen and oxygen atoms in total. The van der Waals surface area contributed by atoms with Crippen molar-refractivity contribution in [3.63, 3.8) is 0 Å². The molecule has 0 atom stereocenters. The summed E-state index contributed by atoms with van der Waals surface area (Å²) in [7, 11) is 0. The van der Waals surface area contributed by atoms with E-state index in [0.717, 1.165) is 32.5 Å². The molecule has 1 heterocycles. The smallest absolute Gasteiger partial charge is 0.306 e. The second-order valence-corrected chi connectivity index (χ2v) is 4.02. The fraction of sp³-hybridized carbons (Fsp3) is 0.909. The summed E-state index contributed by atoms with van der Waals surface area (Å²) < 4.78 is 4.93. The first kappa shape index (κ1) is 12.5. The fourth-order valence-corrected chi connectivity index (χ4v) is 2.01. The van der Waals surface area contributed by atoms with Crippen molar-refractivity contribution >= 4 is 5.97 Å². The molecule has 0 aliphatic carbocycles. The van der Waals surface area contributed by atoms with Crippen LogP contribution in [0.1, 0.15) is 26.2 Å². The van der Waals surface area contributed by atoms with Crippen molar-refractivity contribution in [3.8, 4) is 0 Å². The highest BCUT2D eigenvalue weighted by molar-refractivity contribution is 5.69. The number of likely N-dealkylation sites (tertiary alicyclic amines) is 1. The molecular weight excluding hydrogens is 194 g/mol. The zero-order valence-corrected chi connectivity index (χ0v) is 9.45. The number of nitrogens with zero attached hydrogens (tertiary/aromatic N) is 1. The SMILES string of the molecule is CCOC(=O)CC1CCN(CCO)CC1. The third kappa shape index (κ3) is 4.62. The summed E-state index contributed by atoms with van der Waals surface area (Å²) in [5, 5.41) is 8.78. The molecule has 0 aromatic rings. The summed E-state index contributed by atoms with van der Waals surface area (Å²) in [6, 6.07) is 0. The van der Waals surface area contributed by atoms with Gasteiger partial charge in [-0.1, -0.05) is 0 Å². The Balaban J connectivity index is 2.16. The number of hydrogen-bond acceptors (Lipinski definition) is 4. The number of hydrogen-bond donors (Lipinski definition) is 1. The van der Waals surface area contributed by atoms with Gasteiger partial charge in [-0.3, -0.25) is 4.79 Å². The molecule has 0 bridgehead atoms. The second kappa shape index (κ2) is 6.80. The Hall–Kier alpha value is -0.610. The molecule has 0 aromatic heterocycles. The summed E-state index contributed by atoms with van der Waals surface area (Å²) in [6.45, 7) is 5.27. The van der Waals surface area contributed by atoms with Crippen molar-refractivity contribution < 1.29 is 14.6 Å². The molecule has 0 radical (unpaired) electrons. The van der Waals surface area contributed by atoms with Crippen LogP contribution >= 0.6 is 0 Å². The molecule has 0 amide bonds. The average Bonchev–Trinajstić information content (AvgIpc) is 2.22. The number of β-amino-alcohol motifs (C(OH)–C–C–N with tert-alkyl or cyclic N) is 1.